The molecule has 0 spiro atoms. The SMILES string of the molecule is CN(Cc1ccco1)c1nccn2c(C3CC3)nnc12. The minimum absolute atomic E-state index is 0.565. The zero-order chi connectivity index (χ0) is 13.5. The van der Waals surface area contributed by atoms with Crippen molar-refractivity contribution in [3.05, 3.63) is 42.4 Å². The van der Waals surface area contributed by atoms with Crippen molar-refractivity contribution in [2.45, 2.75) is 25.3 Å². The number of hydrogen-bond acceptors (Lipinski definition) is 5. The summed E-state index contributed by atoms with van der Waals surface area (Å²) in [6, 6.07) is 3.84. The van der Waals surface area contributed by atoms with Crippen molar-refractivity contribution in [2.75, 3.05) is 11.9 Å². The lowest BCUT2D eigenvalue weighted by Crippen LogP contribution is -2.18. The van der Waals surface area contributed by atoms with Crippen molar-refractivity contribution >= 4 is 11.5 Å². The fraction of sp³-hybridized carbons (Fsp3) is 0.357. The maximum Gasteiger partial charge on any atom is 0.203 e. The number of nitrogens with zero attached hydrogens (tertiary/aromatic N) is 5. The van der Waals surface area contributed by atoms with Gasteiger partial charge in [-0.1, -0.05) is 0 Å². The lowest BCUT2D eigenvalue weighted by Gasteiger charge is -2.16. The molecule has 3 heterocycles. The van der Waals surface area contributed by atoms with Crippen LogP contribution < -0.4 is 4.90 Å². The van der Waals surface area contributed by atoms with Gasteiger partial charge < -0.3 is 9.32 Å². The molecule has 1 aliphatic rings. The molecule has 0 amide bonds. The molecule has 0 N–H and O–H groups in total. The van der Waals surface area contributed by atoms with Gasteiger partial charge in [-0.2, -0.15) is 0 Å². The van der Waals surface area contributed by atoms with Gasteiger partial charge in [-0.15, -0.1) is 10.2 Å². The van der Waals surface area contributed by atoms with E-state index < -0.39 is 0 Å². The summed E-state index contributed by atoms with van der Waals surface area (Å²) in [6.45, 7) is 0.658. The van der Waals surface area contributed by atoms with E-state index in [4.69, 9.17) is 4.42 Å². The molecule has 1 fully saturated rings. The highest BCUT2D eigenvalue weighted by Crippen LogP contribution is 2.39. The van der Waals surface area contributed by atoms with Crippen molar-refractivity contribution in [3.8, 4) is 0 Å². The second-order valence-corrected chi connectivity index (χ2v) is 5.21. The minimum atomic E-state index is 0.565. The summed E-state index contributed by atoms with van der Waals surface area (Å²) in [7, 11) is 1.98. The van der Waals surface area contributed by atoms with Crippen LogP contribution in [0.25, 0.3) is 5.65 Å². The molecule has 3 aromatic rings. The highest BCUT2D eigenvalue weighted by Gasteiger charge is 2.29. The molecule has 0 radical (unpaired) electrons. The molecule has 102 valence electrons. The second-order valence-electron chi connectivity index (χ2n) is 5.21. The first-order valence-electron chi connectivity index (χ1n) is 6.76. The lowest BCUT2D eigenvalue weighted by molar-refractivity contribution is 0.507. The van der Waals surface area contributed by atoms with E-state index in [9.17, 15) is 0 Å². The molecule has 0 atom stereocenters. The largest absolute Gasteiger partial charge is 0.467 e. The first-order chi connectivity index (χ1) is 9.83. The van der Waals surface area contributed by atoms with Gasteiger partial charge in [0, 0.05) is 25.4 Å². The third kappa shape index (κ3) is 1.84. The normalized spacial score (nSPS) is 14.8. The summed E-state index contributed by atoms with van der Waals surface area (Å²) in [6.07, 6.45) is 7.84. The molecule has 0 aliphatic heterocycles. The third-order valence-electron chi connectivity index (χ3n) is 3.61. The predicted octanol–water partition coefficient (Wildman–Crippen LogP) is 2.23. The monoisotopic (exact) mass is 269 g/mol. The molecule has 0 aromatic carbocycles. The Morgan fingerprint density at radius 2 is 2.30 bits per heavy atom. The van der Waals surface area contributed by atoms with Crippen LogP contribution in [0.2, 0.25) is 0 Å². The Labute approximate surface area is 116 Å². The maximum absolute atomic E-state index is 5.38. The first kappa shape index (κ1) is 11.5. The zero-order valence-corrected chi connectivity index (χ0v) is 11.2. The van der Waals surface area contributed by atoms with Gasteiger partial charge in [-0.3, -0.25) is 4.40 Å². The van der Waals surface area contributed by atoms with Gasteiger partial charge in [0.05, 0.1) is 12.8 Å². The quantitative estimate of drug-likeness (QED) is 0.727. The Kier molecular flexibility index (Phi) is 2.48. The van der Waals surface area contributed by atoms with Crippen LogP contribution in [0, 0.1) is 0 Å². The van der Waals surface area contributed by atoms with Gasteiger partial charge >= 0.3 is 0 Å². The van der Waals surface area contributed by atoms with Crippen LogP contribution in [0.5, 0.6) is 0 Å². The fourth-order valence-corrected chi connectivity index (χ4v) is 2.43. The maximum atomic E-state index is 5.38. The van der Waals surface area contributed by atoms with Gasteiger partial charge in [-0.05, 0) is 25.0 Å². The molecule has 4 rings (SSSR count). The van der Waals surface area contributed by atoms with E-state index in [0.717, 1.165) is 23.0 Å². The summed E-state index contributed by atoms with van der Waals surface area (Å²) in [5.74, 6) is 3.34. The average molecular weight is 269 g/mol. The van der Waals surface area contributed by atoms with E-state index in [1.165, 1.54) is 12.8 Å². The van der Waals surface area contributed by atoms with Crippen molar-refractivity contribution in [3.63, 3.8) is 0 Å². The molecule has 1 saturated carbocycles. The van der Waals surface area contributed by atoms with Gasteiger partial charge in [0.1, 0.15) is 11.6 Å². The number of anilines is 1. The average Bonchev–Trinajstić information content (AvgIpc) is 3.00. The smallest absolute Gasteiger partial charge is 0.203 e. The molecule has 20 heavy (non-hydrogen) atoms. The third-order valence-corrected chi connectivity index (χ3v) is 3.61. The Hall–Kier alpha value is -2.37. The summed E-state index contributed by atoms with van der Waals surface area (Å²) < 4.78 is 7.43. The minimum Gasteiger partial charge on any atom is -0.467 e. The van der Waals surface area contributed by atoms with Crippen LogP contribution in [0.15, 0.2) is 35.2 Å². The number of rotatable bonds is 4. The van der Waals surface area contributed by atoms with E-state index in [1.54, 1.807) is 12.5 Å². The topological polar surface area (TPSA) is 59.5 Å². The summed E-state index contributed by atoms with van der Waals surface area (Å²) in [4.78, 5) is 6.47. The van der Waals surface area contributed by atoms with Crippen LogP contribution >= 0.6 is 0 Å². The molecule has 0 saturated heterocycles. The van der Waals surface area contributed by atoms with Crippen molar-refractivity contribution < 1.29 is 4.42 Å². The van der Waals surface area contributed by atoms with Crippen LogP contribution in [0.4, 0.5) is 5.82 Å². The second kappa shape index (κ2) is 4.33. The predicted molar refractivity (Wildman–Crippen MR) is 73.6 cm³/mol. The molecule has 6 heteroatoms. The van der Waals surface area contributed by atoms with Crippen molar-refractivity contribution in [1.29, 1.82) is 0 Å². The van der Waals surface area contributed by atoms with Crippen LogP contribution in [0.3, 0.4) is 0 Å². The van der Waals surface area contributed by atoms with E-state index in [2.05, 4.69) is 19.6 Å². The van der Waals surface area contributed by atoms with Crippen LogP contribution in [0.1, 0.15) is 30.3 Å². The number of hydrogen-bond donors (Lipinski definition) is 0. The Morgan fingerprint density at radius 3 is 3.05 bits per heavy atom. The van der Waals surface area contributed by atoms with Crippen molar-refractivity contribution in [2.24, 2.45) is 0 Å². The summed E-state index contributed by atoms with van der Waals surface area (Å²) in [5.41, 5.74) is 0.809. The number of aromatic nitrogens is 4. The highest BCUT2D eigenvalue weighted by molar-refractivity contribution is 5.63. The van der Waals surface area contributed by atoms with Gasteiger partial charge in [0.25, 0.3) is 0 Å². The van der Waals surface area contributed by atoms with Crippen molar-refractivity contribution in [1.82, 2.24) is 19.6 Å². The molecule has 0 unspecified atom stereocenters. The van der Waals surface area contributed by atoms with Gasteiger partial charge in [-0.25, -0.2) is 4.98 Å². The van der Waals surface area contributed by atoms with Gasteiger partial charge in [0.15, 0.2) is 5.82 Å². The van der Waals surface area contributed by atoms with Crippen LogP contribution in [-0.2, 0) is 6.54 Å². The molecule has 3 aromatic heterocycles. The lowest BCUT2D eigenvalue weighted by atomic mass is 10.4. The van der Waals surface area contributed by atoms with Crippen LogP contribution in [-0.4, -0.2) is 26.6 Å². The first-order valence-corrected chi connectivity index (χ1v) is 6.76. The Morgan fingerprint density at radius 1 is 1.40 bits per heavy atom. The molecular weight excluding hydrogens is 254 g/mol. The van der Waals surface area contributed by atoms with E-state index >= 15 is 0 Å². The van der Waals surface area contributed by atoms with E-state index in [0.29, 0.717) is 12.5 Å². The molecular formula is C14H15N5O. The van der Waals surface area contributed by atoms with E-state index in [1.807, 2.05) is 30.3 Å². The summed E-state index contributed by atoms with van der Waals surface area (Å²) >= 11 is 0. The highest BCUT2D eigenvalue weighted by atomic mass is 16.3. The van der Waals surface area contributed by atoms with Gasteiger partial charge in [0.2, 0.25) is 5.65 Å². The molecule has 0 bridgehead atoms. The molecule has 6 nitrogen and oxygen atoms in total. The zero-order valence-electron chi connectivity index (χ0n) is 11.2. The number of fused-ring (bicyclic) bond motifs is 1. The molecule has 1 aliphatic carbocycles. The standard InChI is InChI=1S/C14H15N5O/c1-18(9-11-3-2-8-20-11)13-14-17-16-12(10-4-5-10)19(14)7-6-15-13/h2-3,6-8,10H,4-5,9H2,1H3. The van der Waals surface area contributed by atoms with E-state index in [-0.39, 0.29) is 0 Å². The number of furan rings is 1. The Bertz CT molecular complexity index is 729. The Balaban J connectivity index is 1.72. The fourth-order valence-electron chi connectivity index (χ4n) is 2.43. The summed E-state index contributed by atoms with van der Waals surface area (Å²) in [5, 5.41) is 8.63.